The summed E-state index contributed by atoms with van der Waals surface area (Å²) >= 11 is 1.27. The van der Waals surface area contributed by atoms with E-state index in [-0.39, 0.29) is 18.1 Å². The topological polar surface area (TPSA) is 67.4 Å². The summed E-state index contributed by atoms with van der Waals surface area (Å²) in [6.07, 6.45) is 0.723. The molecule has 29 heavy (non-hydrogen) atoms. The molecule has 0 atom stereocenters. The molecule has 7 heteroatoms. The summed E-state index contributed by atoms with van der Waals surface area (Å²) in [4.78, 5) is 25.6. The number of carbonyl (C=O) groups excluding carboxylic acids is 2. The quantitative estimate of drug-likeness (QED) is 0.567. The van der Waals surface area contributed by atoms with Crippen LogP contribution in [0.4, 0.5) is 4.39 Å². The number of rotatable bonds is 7. The fourth-order valence-corrected chi connectivity index (χ4v) is 3.64. The van der Waals surface area contributed by atoms with Crippen molar-refractivity contribution in [2.24, 2.45) is 0 Å². The van der Waals surface area contributed by atoms with Gasteiger partial charge < -0.3 is 4.74 Å². The molecule has 0 aliphatic heterocycles. The summed E-state index contributed by atoms with van der Waals surface area (Å²) in [5.74, 6) is -0.236. The largest absolute Gasteiger partial charge is 0.494 e. The Balaban J connectivity index is 1.50. The van der Waals surface area contributed by atoms with Crippen LogP contribution in [0.25, 0.3) is 10.4 Å². The zero-order valence-corrected chi connectivity index (χ0v) is 16.7. The Bertz CT molecular complexity index is 986. The standard InChI is InChI=1S/C22H21FN2O3S/c1-2-28-18-6-4-3-5-15(18)9-14-21(26)24-25-22(27)20-13-12-19(29-20)16-7-10-17(23)11-8-16/h3-8,10-13H,2,9,14H2,1H3,(H,24,26)(H,25,27). The predicted molar refractivity (Wildman–Crippen MR) is 111 cm³/mol. The second-order valence-electron chi connectivity index (χ2n) is 6.21. The molecule has 0 saturated carbocycles. The van der Waals surface area contributed by atoms with Gasteiger partial charge in [0.1, 0.15) is 11.6 Å². The Morgan fingerprint density at radius 1 is 1.00 bits per heavy atom. The Labute approximate surface area is 172 Å². The highest BCUT2D eigenvalue weighted by atomic mass is 32.1. The molecule has 3 aromatic rings. The van der Waals surface area contributed by atoms with Gasteiger partial charge in [0.2, 0.25) is 5.91 Å². The summed E-state index contributed by atoms with van der Waals surface area (Å²) in [5.41, 5.74) is 6.64. The van der Waals surface area contributed by atoms with Crippen LogP contribution < -0.4 is 15.6 Å². The van der Waals surface area contributed by atoms with Gasteiger partial charge in [-0.25, -0.2) is 4.39 Å². The third-order valence-corrected chi connectivity index (χ3v) is 5.30. The van der Waals surface area contributed by atoms with Crippen LogP contribution in [0, 0.1) is 5.82 Å². The van der Waals surface area contributed by atoms with E-state index in [1.165, 1.54) is 23.5 Å². The number of carbonyl (C=O) groups is 2. The van der Waals surface area contributed by atoms with Crippen molar-refractivity contribution in [3.8, 4) is 16.2 Å². The van der Waals surface area contributed by atoms with Gasteiger partial charge in [0.05, 0.1) is 11.5 Å². The number of nitrogens with one attached hydrogen (secondary N) is 2. The van der Waals surface area contributed by atoms with Crippen molar-refractivity contribution in [3.05, 3.63) is 76.9 Å². The molecule has 0 saturated heterocycles. The zero-order chi connectivity index (χ0) is 20.6. The molecule has 2 amide bonds. The van der Waals surface area contributed by atoms with E-state index in [1.807, 2.05) is 31.2 Å². The van der Waals surface area contributed by atoms with E-state index in [9.17, 15) is 14.0 Å². The van der Waals surface area contributed by atoms with Gasteiger partial charge in [-0.2, -0.15) is 0 Å². The highest BCUT2D eigenvalue weighted by Crippen LogP contribution is 2.28. The summed E-state index contributed by atoms with van der Waals surface area (Å²) in [6.45, 7) is 2.46. The fraction of sp³-hybridized carbons (Fsp3) is 0.182. The van der Waals surface area contributed by atoms with Gasteiger partial charge in [-0.1, -0.05) is 30.3 Å². The van der Waals surface area contributed by atoms with E-state index in [1.54, 1.807) is 24.3 Å². The number of para-hydroxylation sites is 1. The van der Waals surface area contributed by atoms with E-state index in [0.717, 1.165) is 21.8 Å². The molecule has 0 unspecified atom stereocenters. The molecule has 150 valence electrons. The number of hydrogen-bond acceptors (Lipinski definition) is 4. The first-order chi connectivity index (χ1) is 14.1. The molecule has 2 N–H and O–H groups in total. The highest BCUT2D eigenvalue weighted by molar-refractivity contribution is 7.17. The molecule has 3 rings (SSSR count). The lowest BCUT2D eigenvalue weighted by Gasteiger charge is -2.10. The zero-order valence-electron chi connectivity index (χ0n) is 15.9. The summed E-state index contributed by atoms with van der Waals surface area (Å²) in [6, 6.07) is 17.1. The van der Waals surface area contributed by atoms with Crippen LogP contribution in [-0.4, -0.2) is 18.4 Å². The minimum atomic E-state index is -0.397. The molecule has 0 bridgehead atoms. The van der Waals surface area contributed by atoms with E-state index in [0.29, 0.717) is 17.9 Å². The van der Waals surface area contributed by atoms with E-state index < -0.39 is 5.91 Å². The minimum Gasteiger partial charge on any atom is -0.494 e. The smallest absolute Gasteiger partial charge is 0.279 e. The van der Waals surface area contributed by atoms with Crippen molar-refractivity contribution in [3.63, 3.8) is 0 Å². The summed E-state index contributed by atoms with van der Waals surface area (Å²) in [7, 11) is 0. The van der Waals surface area contributed by atoms with Crippen LogP contribution in [0.15, 0.2) is 60.7 Å². The number of amides is 2. The molecule has 5 nitrogen and oxygen atoms in total. The monoisotopic (exact) mass is 412 g/mol. The van der Waals surface area contributed by atoms with Crippen molar-refractivity contribution in [1.82, 2.24) is 10.9 Å². The number of hydrogen-bond donors (Lipinski definition) is 2. The Morgan fingerprint density at radius 3 is 2.52 bits per heavy atom. The number of ether oxygens (including phenoxy) is 1. The third-order valence-electron chi connectivity index (χ3n) is 4.17. The third kappa shape index (κ3) is 5.65. The highest BCUT2D eigenvalue weighted by Gasteiger charge is 2.12. The van der Waals surface area contributed by atoms with Crippen molar-refractivity contribution in [2.45, 2.75) is 19.8 Å². The molecular formula is C22H21FN2O3S. The van der Waals surface area contributed by atoms with Gasteiger partial charge in [0, 0.05) is 11.3 Å². The minimum absolute atomic E-state index is 0.218. The maximum absolute atomic E-state index is 13.0. The van der Waals surface area contributed by atoms with Crippen molar-refractivity contribution < 1.29 is 18.7 Å². The normalized spacial score (nSPS) is 10.4. The Morgan fingerprint density at radius 2 is 1.76 bits per heavy atom. The van der Waals surface area contributed by atoms with Crippen LogP contribution in [-0.2, 0) is 11.2 Å². The Hall–Kier alpha value is -3.19. The molecule has 1 heterocycles. The van der Waals surface area contributed by atoms with Crippen LogP contribution in [0.5, 0.6) is 5.75 Å². The lowest BCUT2D eigenvalue weighted by Crippen LogP contribution is -2.41. The molecule has 2 aromatic carbocycles. The Kier molecular flexibility index (Phi) is 6.97. The van der Waals surface area contributed by atoms with Gasteiger partial charge >= 0.3 is 0 Å². The van der Waals surface area contributed by atoms with E-state index in [4.69, 9.17) is 4.74 Å². The first kappa shape index (κ1) is 20.5. The van der Waals surface area contributed by atoms with Crippen molar-refractivity contribution >= 4 is 23.2 Å². The second kappa shape index (κ2) is 9.84. The van der Waals surface area contributed by atoms with Gasteiger partial charge in [-0.15, -0.1) is 11.3 Å². The van der Waals surface area contributed by atoms with Crippen molar-refractivity contribution in [1.29, 1.82) is 0 Å². The lowest BCUT2D eigenvalue weighted by atomic mass is 10.1. The number of hydrazine groups is 1. The molecule has 0 spiro atoms. The predicted octanol–water partition coefficient (Wildman–Crippen LogP) is 4.35. The average Bonchev–Trinajstić information content (AvgIpc) is 3.22. The first-order valence-electron chi connectivity index (χ1n) is 9.22. The maximum Gasteiger partial charge on any atom is 0.279 e. The number of thiophene rings is 1. The summed E-state index contributed by atoms with van der Waals surface area (Å²) in [5, 5.41) is 0. The fourth-order valence-electron chi connectivity index (χ4n) is 2.73. The second-order valence-corrected chi connectivity index (χ2v) is 7.30. The SMILES string of the molecule is CCOc1ccccc1CCC(=O)NNC(=O)c1ccc(-c2ccc(F)cc2)s1. The van der Waals surface area contributed by atoms with Gasteiger partial charge in [0.15, 0.2) is 0 Å². The number of halogens is 1. The molecular weight excluding hydrogens is 391 g/mol. The maximum atomic E-state index is 13.0. The van der Waals surface area contributed by atoms with Crippen molar-refractivity contribution in [2.75, 3.05) is 6.61 Å². The number of benzene rings is 2. The molecule has 0 aliphatic rings. The van der Waals surface area contributed by atoms with Crippen LogP contribution >= 0.6 is 11.3 Å². The summed E-state index contributed by atoms with van der Waals surface area (Å²) < 4.78 is 18.6. The van der Waals surface area contributed by atoms with Gasteiger partial charge in [-0.3, -0.25) is 20.4 Å². The van der Waals surface area contributed by atoms with E-state index in [2.05, 4.69) is 10.9 Å². The average molecular weight is 412 g/mol. The van der Waals surface area contributed by atoms with E-state index >= 15 is 0 Å². The molecule has 0 aliphatic carbocycles. The van der Waals surface area contributed by atoms with Crippen LogP contribution in [0.2, 0.25) is 0 Å². The van der Waals surface area contributed by atoms with Gasteiger partial charge in [-0.05, 0) is 54.8 Å². The lowest BCUT2D eigenvalue weighted by molar-refractivity contribution is -0.121. The van der Waals surface area contributed by atoms with Crippen LogP contribution in [0.1, 0.15) is 28.6 Å². The molecule has 0 radical (unpaired) electrons. The first-order valence-corrected chi connectivity index (χ1v) is 10.0. The van der Waals surface area contributed by atoms with Crippen LogP contribution in [0.3, 0.4) is 0 Å². The van der Waals surface area contributed by atoms with Gasteiger partial charge in [0.25, 0.3) is 5.91 Å². The molecule has 1 aromatic heterocycles. The number of aryl methyl sites for hydroxylation is 1. The molecule has 0 fully saturated rings.